The van der Waals surface area contributed by atoms with Crippen molar-refractivity contribution in [3.05, 3.63) is 40.5 Å². The van der Waals surface area contributed by atoms with Crippen molar-refractivity contribution in [2.45, 2.75) is 13.3 Å². The first-order valence-electron chi connectivity index (χ1n) is 5.88. The summed E-state index contributed by atoms with van der Waals surface area (Å²) in [5.41, 5.74) is 0.894. The van der Waals surface area contributed by atoms with Gasteiger partial charge in [-0.25, -0.2) is 13.8 Å². The molecule has 0 aliphatic heterocycles. The van der Waals surface area contributed by atoms with Crippen LogP contribution in [0.25, 0.3) is 16.2 Å². The summed E-state index contributed by atoms with van der Waals surface area (Å²) in [6.07, 6.45) is 0.749. The average molecular weight is 290 g/mol. The van der Waals surface area contributed by atoms with E-state index in [0.29, 0.717) is 16.2 Å². The lowest BCUT2D eigenvalue weighted by Gasteiger charge is -1.99. The van der Waals surface area contributed by atoms with Crippen molar-refractivity contribution in [2.75, 3.05) is 0 Å². The Morgan fingerprint density at radius 2 is 2.15 bits per heavy atom. The quantitative estimate of drug-likeness (QED) is 0.728. The van der Waals surface area contributed by atoms with Crippen molar-refractivity contribution in [1.82, 2.24) is 14.6 Å². The zero-order valence-corrected chi connectivity index (χ0v) is 11.2. The molecular weight excluding hydrogens is 282 g/mol. The van der Waals surface area contributed by atoms with E-state index in [4.69, 9.17) is 0 Å². The number of rotatable bonds is 2. The molecule has 7 heteroatoms. The van der Waals surface area contributed by atoms with Crippen molar-refractivity contribution in [3.63, 3.8) is 0 Å². The smallest absolute Gasteiger partial charge is 0.214 e. The second-order valence-corrected chi connectivity index (χ2v) is 5.13. The molecule has 20 heavy (non-hydrogen) atoms. The normalized spacial score (nSPS) is 10.9. The van der Waals surface area contributed by atoms with Gasteiger partial charge in [-0.1, -0.05) is 18.3 Å². The number of benzene rings is 1. The molecule has 100 valence electrons. The van der Waals surface area contributed by atoms with Gasteiger partial charge in [0.25, 0.3) is 0 Å². The molecule has 3 aromatic rings. The molecule has 0 atom stereocenters. The maximum Gasteiger partial charge on any atom is 0.214 e. The summed E-state index contributed by atoms with van der Waals surface area (Å²) in [6.45, 7) is 1.96. The Labute approximate surface area is 116 Å². The lowest BCUT2D eigenvalue weighted by molar-refractivity contribution is 0.509. The van der Waals surface area contributed by atoms with Gasteiger partial charge in [-0.15, -0.1) is 0 Å². The van der Waals surface area contributed by atoms with E-state index in [0.717, 1.165) is 23.6 Å². The monoisotopic (exact) mass is 290 g/mol. The summed E-state index contributed by atoms with van der Waals surface area (Å²) < 4.78 is 27.7. The second kappa shape index (κ2) is 4.65. The van der Waals surface area contributed by atoms with E-state index < -0.39 is 11.6 Å². The summed E-state index contributed by atoms with van der Waals surface area (Å²) >= 11 is 1.37. The fourth-order valence-electron chi connectivity index (χ4n) is 1.88. The Morgan fingerprint density at radius 3 is 2.80 bits per heavy atom. The van der Waals surface area contributed by atoms with Gasteiger partial charge >= 0.3 is 0 Å². The van der Waals surface area contributed by atoms with E-state index in [1.807, 2.05) is 13.0 Å². The summed E-state index contributed by atoms with van der Waals surface area (Å²) in [5, 5.41) is 14.4. The van der Waals surface area contributed by atoms with Gasteiger partial charge in [-0.3, -0.25) is 0 Å². The van der Waals surface area contributed by atoms with Crippen LogP contribution in [0.5, 0.6) is 0 Å². The van der Waals surface area contributed by atoms with Crippen molar-refractivity contribution in [2.24, 2.45) is 0 Å². The number of nitriles is 1. The SMILES string of the molecule is CCc1nn2c(C#N)c(-c3ccc(F)c(F)c3)nc2s1. The number of hydrogen-bond acceptors (Lipinski definition) is 4. The van der Waals surface area contributed by atoms with Crippen molar-refractivity contribution < 1.29 is 8.78 Å². The molecule has 0 bridgehead atoms. The number of aryl methyl sites for hydroxylation is 1. The minimum Gasteiger partial charge on any atom is -0.216 e. The van der Waals surface area contributed by atoms with Gasteiger partial charge < -0.3 is 0 Å². The van der Waals surface area contributed by atoms with E-state index in [2.05, 4.69) is 10.1 Å². The number of imidazole rings is 1. The Balaban J connectivity index is 2.23. The predicted molar refractivity (Wildman–Crippen MR) is 70.3 cm³/mol. The molecule has 0 N–H and O–H groups in total. The Bertz CT molecular complexity index is 844. The van der Waals surface area contributed by atoms with E-state index in [1.165, 1.54) is 21.9 Å². The summed E-state index contributed by atoms with van der Waals surface area (Å²) in [4.78, 5) is 4.87. The maximum absolute atomic E-state index is 13.3. The fraction of sp³-hybridized carbons (Fsp3) is 0.154. The summed E-state index contributed by atoms with van der Waals surface area (Å²) in [7, 11) is 0. The van der Waals surface area contributed by atoms with E-state index in [9.17, 15) is 14.0 Å². The van der Waals surface area contributed by atoms with Crippen LogP contribution >= 0.6 is 11.3 Å². The van der Waals surface area contributed by atoms with E-state index in [1.54, 1.807) is 0 Å². The molecule has 1 aromatic carbocycles. The molecule has 0 unspecified atom stereocenters. The maximum atomic E-state index is 13.3. The van der Waals surface area contributed by atoms with Gasteiger partial charge in [0.2, 0.25) is 4.96 Å². The first-order valence-corrected chi connectivity index (χ1v) is 6.69. The molecule has 0 aliphatic rings. The Kier molecular flexibility index (Phi) is 2.95. The zero-order chi connectivity index (χ0) is 14.3. The highest BCUT2D eigenvalue weighted by atomic mass is 32.1. The number of fused-ring (bicyclic) bond motifs is 1. The zero-order valence-electron chi connectivity index (χ0n) is 10.4. The summed E-state index contributed by atoms with van der Waals surface area (Å²) in [6, 6.07) is 5.46. The second-order valence-electron chi connectivity index (χ2n) is 4.09. The van der Waals surface area contributed by atoms with Gasteiger partial charge in [0.05, 0.1) is 0 Å². The summed E-state index contributed by atoms with van der Waals surface area (Å²) in [5.74, 6) is -1.90. The minimum absolute atomic E-state index is 0.224. The van der Waals surface area contributed by atoms with Gasteiger partial charge in [0.1, 0.15) is 16.8 Å². The van der Waals surface area contributed by atoms with Crippen LogP contribution < -0.4 is 0 Å². The molecule has 0 fully saturated rings. The number of hydrogen-bond donors (Lipinski definition) is 0. The van der Waals surface area contributed by atoms with Crippen LogP contribution in [0, 0.1) is 23.0 Å². The van der Waals surface area contributed by atoms with Crippen LogP contribution in [0.15, 0.2) is 18.2 Å². The van der Waals surface area contributed by atoms with Crippen molar-refractivity contribution in [3.8, 4) is 17.3 Å². The predicted octanol–water partition coefficient (Wildman–Crippen LogP) is 3.17. The molecule has 0 radical (unpaired) electrons. The van der Waals surface area contributed by atoms with Crippen LogP contribution in [-0.2, 0) is 6.42 Å². The fourth-order valence-corrected chi connectivity index (χ4v) is 2.71. The third-order valence-corrected chi connectivity index (χ3v) is 3.90. The molecule has 4 nitrogen and oxygen atoms in total. The highest BCUT2D eigenvalue weighted by Crippen LogP contribution is 2.27. The highest BCUT2D eigenvalue weighted by molar-refractivity contribution is 7.16. The lowest BCUT2D eigenvalue weighted by Crippen LogP contribution is -1.93. The first kappa shape index (κ1) is 12.7. The number of aromatic nitrogens is 3. The highest BCUT2D eigenvalue weighted by Gasteiger charge is 2.18. The van der Waals surface area contributed by atoms with Crippen LogP contribution in [-0.4, -0.2) is 14.6 Å². The number of nitrogens with zero attached hydrogens (tertiary/aromatic N) is 4. The van der Waals surface area contributed by atoms with Gasteiger partial charge in [-0.05, 0) is 24.6 Å². The van der Waals surface area contributed by atoms with Crippen LogP contribution in [0.4, 0.5) is 8.78 Å². The van der Waals surface area contributed by atoms with Crippen molar-refractivity contribution >= 4 is 16.3 Å². The molecule has 0 saturated carbocycles. The van der Waals surface area contributed by atoms with Gasteiger partial charge in [0.15, 0.2) is 17.3 Å². The minimum atomic E-state index is -0.968. The largest absolute Gasteiger partial charge is 0.216 e. The van der Waals surface area contributed by atoms with Crippen LogP contribution in [0.2, 0.25) is 0 Å². The molecule has 3 rings (SSSR count). The average Bonchev–Trinajstić information content (AvgIpc) is 2.98. The molecule has 2 aromatic heterocycles. The lowest BCUT2D eigenvalue weighted by atomic mass is 10.1. The van der Waals surface area contributed by atoms with Gasteiger partial charge in [-0.2, -0.15) is 14.9 Å². The molecule has 0 spiro atoms. The topological polar surface area (TPSA) is 54.0 Å². The Morgan fingerprint density at radius 1 is 1.35 bits per heavy atom. The Hall–Kier alpha value is -2.33. The third-order valence-electron chi connectivity index (χ3n) is 2.85. The number of halogens is 2. The van der Waals surface area contributed by atoms with Crippen LogP contribution in [0.1, 0.15) is 17.6 Å². The molecular formula is C13H8F2N4S. The molecule has 0 saturated heterocycles. The van der Waals surface area contributed by atoms with E-state index in [-0.39, 0.29) is 5.69 Å². The molecule has 2 heterocycles. The molecule has 0 amide bonds. The third kappa shape index (κ3) is 1.85. The van der Waals surface area contributed by atoms with Crippen molar-refractivity contribution in [1.29, 1.82) is 5.26 Å². The molecule has 0 aliphatic carbocycles. The van der Waals surface area contributed by atoms with E-state index >= 15 is 0 Å². The van der Waals surface area contributed by atoms with Crippen LogP contribution in [0.3, 0.4) is 0 Å². The first-order chi connectivity index (χ1) is 9.63. The van der Waals surface area contributed by atoms with Gasteiger partial charge in [0, 0.05) is 5.56 Å². The standard InChI is InChI=1S/C13H8F2N4S/c1-2-11-18-19-10(6-16)12(17-13(19)20-11)7-3-4-8(14)9(15)5-7/h3-5H,2H2,1H3.